The number of carbonyl (C=O) groups excluding carboxylic acids is 3. The molecule has 0 radical (unpaired) electrons. The molecular weight excluding hydrogens is 280 g/mol. The minimum Gasteiger partial charge on any atom is -0.322 e. The first-order valence-corrected chi connectivity index (χ1v) is 6.97. The highest BCUT2D eigenvalue weighted by Crippen LogP contribution is 2.24. The van der Waals surface area contributed by atoms with E-state index in [0.717, 1.165) is 0 Å². The average Bonchev–Trinajstić information content (AvgIpc) is 2.88. The Balaban J connectivity index is 1.73. The zero-order valence-electron chi connectivity index (χ0n) is 11.8. The van der Waals surface area contributed by atoms with Crippen molar-refractivity contribution in [2.24, 2.45) is 0 Å². The molecule has 0 saturated carbocycles. The molecule has 3 rings (SSSR count). The number of rotatable bonds is 3. The van der Waals surface area contributed by atoms with Gasteiger partial charge >= 0.3 is 0 Å². The molecule has 1 N–H and O–H groups in total. The van der Waals surface area contributed by atoms with E-state index in [1.807, 2.05) is 6.07 Å². The molecule has 22 heavy (non-hydrogen) atoms. The predicted octanol–water partition coefficient (Wildman–Crippen LogP) is 2.59. The normalized spacial score (nSPS) is 14.3. The zero-order chi connectivity index (χ0) is 15.5. The molecule has 5 heteroatoms. The second-order valence-electron chi connectivity index (χ2n) is 4.99. The van der Waals surface area contributed by atoms with Gasteiger partial charge in [0, 0.05) is 24.1 Å². The zero-order valence-corrected chi connectivity index (χ0v) is 11.8. The van der Waals surface area contributed by atoms with Crippen LogP contribution in [0.25, 0.3) is 0 Å². The molecule has 1 heterocycles. The fraction of sp³-hybridized carbons (Fsp3) is 0.118. The highest BCUT2D eigenvalue weighted by atomic mass is 16.2. The van der Waals surface area contributed by atoms with E-state index in [2.05, 4.69) is 5.32 Å². The van der Waals surface area contributed by atoms with Crippen LogP contribution in [0.3, 0.4) is 0 Å². The molecule has 2 aromatic carbocycles. The van der Waals surface area contributed by atoms with Crippen LogP contribution < -0.4 is 10.2 Å². The number of hydrogen-bond acceptors (Lipinski definition) is 3. The number of nitrogens with zero attached hydrogens (tertiary/aromatic N) is 1. The number of anilines is 2. The molecule has 1 aliphatic rings. The molecule has 0 atom stereocenters. The lowest BCUT2D eigenvalue weighted by atomic mass is 10.2. The van der Waals surface area contributed by atoms with Gasteiger partial charge < -0.3 is 5.32 Å². The lowest BCUT2D eigenvalue weighted by Gasteiger charge is -2.14. The van der Waals surface area contributed by atoms with E-state index in [0.29, 0.717) is 16.9 Å². The topological polar surface area (TPSA) is 66.5 Å². The molecular formula is C17H14N2O3. The Labute approximate surface area is 127 Å². The van der Waals surface area contributed by atoms with Crippen LogP contribution in [0.1, 0.15) is 23.2 Å². The van der Waals surface area contributed by atoms with Crippen LogP contribution in [0, 0.1) is 0 Å². The summed E-state index contributed by atoms with van der Waals surface area (Å²) in [5, 5.41) is 2.77. The number of amides is 3. The van der Waals surface area contributed by atoms with Crippen LogP contribution in [0.4, 0.5) is 11.4 Å². The highest BCUT2D eigenvalue weighted by molar-refractivity contribution is 6.19. The SMILES string of the molecule is O=C(Nc1ccc(N2C(=O)CCC2=O)cc1)c1ccccc1. The smallest absolute Gasteiger partial charge is 0.255 e. The maximum atomic E-state index is 12.0. The molecule has 0 bridgehead atoms. The lowest BCUT2D eigenvalue weighted by Crippen LogP contribution is -2.28. The van der Waals surface area contributed by atoms with Crippen LogP contribution in [-0.2, 0) is 9.59 Å². The van der Waals surface area contributed by atoms with Crippen LogP contribution in [0.15, 0.2) is 54.6 Å². The lowest BCUT2D eigenvalue weighted by molar-refractivity contribution is -0.121. The first kappa shape index (κ1) is 14.0. The first-order valence-electron chi connectivity index (χ1n) is 6.97. The quantitative estimate of drug-likeness (QED) is 0.885. The summed E-state index contributed by atoms with van der Waals surface area (Å²) in [4.78, 5) is 36.5. The molecule has 0 unspecified atom stereocenters. The van der Waals surface area contributed by atoms with E-state index in [1.165, 1.54) is 4.90 Å². The van der Waals surface area contributed by atoms with Gasteiger partial charge in [-0.3, -0.25) is 19.3 Å². The molecule has 0 aromatic heterocycles. The molecule has 1 aliphatic heterocycles. The van der Waals surface area contributed by atoms with Gasteiger partial charge in [-0.25, -0.2) is 0 Å². The predicted molar refractivity (Wildman–Crippen MR) is 82.6 cm³/mol. The van der Waals surface area contributed by atoms with E-state index >= 15 is 0 Å². The van der Waals surface area contributed by atoms with E-state index in [-0.39, 0.29) is 30.6 Å². The molecule has 0 spiro atoms. The van der Waals surface area contributed by atoms with Crippen molar-refractivity contribution in [2.45, 2.75) is 12.8 Å². The molecule has 5 nitrogen and oxygen atoms in total. The van der Waals surface area contributed by atoms with Crippen molar-refractivity contribution < 1.29 is 14.4 Å². The Morgan fingerprint density at radius 2 is 1.45 bits per heavy atom. The number of benzene rings is 2. The average molecular weight is 294 g/mol. The molecule has 0 aliphatic carbocycles. The third-order valence-electron chi connectivity index (χ3n) is 3.47. The van der Waals surface area contributed by atoms with Crippen LogP contribution in [0.5, 0.6) is 0 Å². The molecule has 1 saturated heterocycles. The van der Waals surface area contributed by atoms with Gasteiger partial charge in [-0.05, 0) is 36.4 Å². The standard InChI is InChI=1S/C17H14N2O3/c20-15-10-11-16(21)19(15)14-8-6-13(7-9-14)18-17(22)12-4-2-1-3-5-12/h1-9H,10-11H2,(H,18,22). The minimum absolute atomic E-state index is 0.189. The number of nitrogens with one attached hydrogen (secondary N) is 1. The van der Waals surface area contributed by atoms with Gasteiger partial charge in [-0.2, -0.15) is 0 Å². The van der Waals surface area contributed by atoms with Crippen LogP contribution >= 0.6 is 0 Å². The summed E-state index contributed by atoms with van der Waals surface area (Å²) in [5.74, 6) is -0.584. The Kier molecular flexibility index (Phi) is 3.70. The largest absolute Gasteiger partial charge is 0.322 e. The summed E-state index contributed by atoms with van der Waals surface area (Å²) in [5.41, 5.74) is 1.71. The van der Waals surface area contributed by atoms with Crippen molar-refractivity contribution in [3.8, 4) is 0 Å². The molecule has 2 aromatic rings. The molecule has 110 valence electrons. The summed E-state index contributed by atoms with van der Waals surface area (Å²) < 4.78 is 0. The Morgan fingerprint density at radius 3 is 2.05 bits per heavy atom. The van der Waals surface area contributed by atoms with Gasteiger partial charge in [0.2, 0.25) is 11.8 Å². The van der Waals surface area contributed by atoms with Gasteiger partial charge in [0.1, 0.15) is 0 Å². The first-order chi connectivity index (χ1) is 10.6. The van der Waals surface area contributed by atoms with Crippen molar-refractivity contribution in [3.05, 3.63) is 60.2 Å². The summed E-state index contributed by atoms with van der Waals surface area (Å²) in [6.07, 6.45) is 0.511. The van der Waals surface area contributed by atoms with E-state index in [9.17, 15) is 14.4 Å². The van der Waals surface area contributed by atoms with Gasteiger partial charge in [0.05, 0.1) is 5.69 Å². The maximum absolute atomic E-state index is 12.0. The Bertz CT molecular complexity index is 707. The van der Waals surface area contributed by atoms with E-state index in [1.54, 1.807) is 48.5 Å². The monoisotopic (exact) mass is 294 g/mol. The Hall–Kier alpha value is -2.95. The van der Waals surface area contributed by atoms with E-state index < -0.39 is 0 Å². The van der Waals surface area contributed by atoms with Crippen molar-refractivity contribution in [1.82, 2.24) is 0 Å². The fourth-order valence-corrected chi connectivity index (χ4v) is 2.35. The summed E-state index contributed by atoms with van der Waals surface area (Å²) in [6, 6.07) is 15.5. The molecule has 3 amide bonds. The third kappa shape index (κ3) is 2.74. The van der Waals surface area contributed by atoms with Crippen molar-refractivity contribution in [1.29, 1.82) is 0 Å². The molecule has 1 fully saturated rings. The number of hydrogen-bond donors (Lipinski definition) is 1. The summed E-state index contributed by atoms with van der Waals surface area (Å²) >= 11 is 0. The van der Waals surface area contributed by atoms with Gasteiger partial charge in [-0.1, -0.05) is 18.2 Å². The van der Waals surface area contributed by atoms with Crippen molar-refractivity contribution in [2.75, 3.05) is 10.2 Å². The van der Waals surface area contributed by atoms with E-state index in [4.69, 9.17) is 0 Å². The van der Waals surface area contributed by atoms with Crippen LogP contribution in [0.2, 0.25) is 0 Å². The van der Waals surface area contributed by atoms with Gasteiger partial charge in [0.25, 0.3) is 5.91 Å². The fourth-order valence-electron chi connectivity index (χ4n) is 2.35. The number of imide groups is 1. The summed E-state index contributed by atoms with van der Waals surface area (Å²) in [6.45, 7) is 0. The highest BCUT2D eigenvalue weighted by Gasteiger charge is 2.30. The number of carbonyl (C=O) groups is 3. The van der Waals surface area contributed by atoms with Gasteiger partial charge in [-0.15, -0.1) is 0 Å². The van der Waals surface area contributed by atoms with Crippen molar-refractivity contribution in [3.63, 3.8) is 0 Å². The Morgan fingerprint density at radius 1 is 0.864 bits per heavy atom. The van der Waals surface area contributed by atoms with Crippen LogP contribution in [-0.4, -0.2) is 17.7 Å². The maximum Gasteiger partial charge on any atom is 0.255 e. The van der Waals surface area contributed by atoms with Crippen molar-refractivity contribution >= 4 is 29.1 Å². The second kappa shape index (κ2) is 5.81. The third-order valence-corrected chi connectivity index (χ3v) is 3.47. The van der Waals surface area contributed by atoms with Gasteiger partial charge in [0.15, 0.2) is 0 Å². The second-order valence-corrected chi connectivity index (χ2v) is 4.99. The minimum atomic E-state index is -0.207. The summed E-state index contributed by atoms with van der Waals surface area (Å²) in [7, 11) is 0.